The molecular weight excluding hydrogens is 394 g/mol. The second kappa shape index (κ2) is 11.9. The second-order valence-electron chi connectivity index (χ2n) is 7.27. The number of amides is 1. The van der Waals surface area contributed by atoms with Gasteiger partial charge < -0.3 is 20.9 Å². The predicted octanol–water partition coefficient (Wildman–Crippen LogP) is 4.62. The van der Waals surface area contributed by atoms with E-state index in [2.05, 4.69) is 25.9 Å². The van der Waals surface area contributed by atoms with Crippen molar-refractivity contribution in [3.8, 4) is 0 Å². The van der Waals surface area contributed by atoms with Crippen molar-refractivity contribution in [2.75, 3.05) is 18.4 Å². The Morgan fingerprint density at radius 3 is 2.40 bits per heavy atom. The fourth-order valence-electron chi connectivity index (χ4n) is 3.26. The molecule has 1 aromatic carbocycles. The Kier molecular flexibility index (Phi) is 8.65. The molecule has 6 nitrogen and oxygen atoms in total. The van der Waals surface area contributed by atoms with Gasteiger partial charge in [0.25, 0.3) is 5.91 Å². The lowest BCUT2D eigenvalue weighted by Gasteiger charge is -2.10. The van der Waals surface area contributed by atoms with Crippen LogP contribution in [0.4, 0.5) is 5.69 Å². The minimum absolute atomic E-state index is 0.0341. The Morgan fingerprint density at radius 1 is 0.933 bits per heavy atom. The van der Waals surface area contributed by atoms with Gasteiger partial charge in [0.15, 0.2) is 5.11 Å². The van der Waals surface area contributed by atoms with Gasteiger partial charge in [-0.05, 0) is 49.3 Å². The van der Waals surface area contributed by atoms with E-state index in [9.17, 15) is 4.79 Å². The highest BCUT2D eigenvalue weighted by Gasteiger charge is 2.08. The molecule has 0 radical (unpaired) electrons. The minimum Gasteiger partial charge on any atom is -0.362 e. The van der Waals surface area contributed by atoms with E-state index in [1.54, 1.807) is 12.4 Å². The second-order valence-corrected chi connectivity index (χ2v) is 7.68. The van der Waals surface area contributed by atoms with Crippen molar-refractivity contribution < 1.29 is 4.79 Å². The third-order valence-corrected chi connectivity index (χ3v) is 5.12. The largest absolute Gasteiger partial charge is 0.362 e. The Bertz CT molecular complexity index is 908. The molecular formula is C23H29N5OS. The van der Waals surface area contributed by atoms with Crippen LogP contribution in [0.3, 0.4) is 0 Å². The van der Waals surface area contributed by atoms with E-state index in [-0.39, 0.29) is 5.91 Å². The number of carbonyl (C=O) groups excluding carboxylic acids is 1. The normalized spacial score (nSPS) is 10.7. The van der Waals surface area contributed by atoms with Gasteiger partial charge in [-0.2, -0.15) is 0 Å². The quantitative estimate of drug-likeness (QED) is 0.267. The maximum atomic E-state index is 12.2. The Labute approximate surface area is 182 Å². The van der Waals surface area contributed by atoms with Gasteiger partial charge in [-0.25, -0.2) is 0 Å². The number of hydrogen-bond donors (Lipinski definition) is 4. The fraction of sp³-hybridized carbons (Fsp3) is 0.348. The summed E-state index contributed by atoms with van der Waals surface area (Å²) < 4.78 is 0. The van der Waals surface area contributed by atoms with Gasteiger partial charge in [-0.1, -0.05) is 43.9 Å². The van der Waals surface area contributed by atoms with E-state index in [0.717, 1.165) is 42.4 Å². The van der Waals surface area contributed by atoms with Crippen LogP contribution in [0.15, 0.2) is 54.9 Å². The van der Waals surface area contributed by atoms with Crippen LogP contribution >= 0.6 is 12.2 Å². The molecule has 0 fully saturated rings. The standard InChI is InChI=1S/C23H29N5OS/c29-22(21-16-18-10-5-6-12-20(18)28-21)25-14-7-3-1-2-4-8-15-26-23(30)27-19-11-9-13-24-17-19/h5-6,9-13,16-17,28H,1-4,7-8,14-15H2,(H,25,29)(H2,26,27,30). The molecule has 0 aliphatic rings. The predicted molar refractivity (Wildman–Crippen MR) is 127 cm³/mol. The van der Waals surface area contributed by atoms with Crippen LogP contribution in [0.5, 0.6) is 0 Å². The number of thiocarbonyl (C=S) groups is 1. The number of nitrogens with one attached hydrogen (secondary N) is 4. The minimum atomic E-state index is -0.0341. The number of pyridine rings is 1. The molecule has 0 saturated heterocycles. The topological polar surface area (TPSA) is 81.8 Å². The van der Waals surface area contributed by atoms with Crippen molar-refractivity contribution in [1.82, 2.24) is 20.6 Å². The lowest BCUT2D eigenvalue weighted by molar-refractivity contribution is 0.0949. The van der Waals surface area contributed by atoms with E-state index >= 15 is 0 Å². The fourth-order valence-corrected chi connectivity index (χ4v) is 3.48. The van der Waals surface area contributed by atoms with Crippen LogP contribution < -0.4 is 16.0 Å². The van der Waals surface area contributed by atoms with Crippen molar-refractivity contribution in [2.24, 2.45) is 0 Å². The number of anilines is 1. The molecule has 0 saturated carbocycles. The maximum Gasteiger partial charge on any atom is 0.267 e. The van der Waals surface area contributed by atoms with Crippen molar-refractivity contribution in [1.29, 1.82) is 0 Å². The molecule has 0 unspecified atom stereocenters. The molecule has 158 valence electrons. The molecule has 4 N–H and O–H groups in total. The average Bonchev–Trinajstić information content (AvgIpc) is 3.20. The summed E-state index contributed by atoms with van der Waals surface area (Å²) in [6, 6.07) is 13.6. The molecule has 2 heterocycles. The Hall–Kier alpha value is -2.93. The smallest absolute Gasteiger partial charge is 0.267 e. The number of aromatic nitrogens is 2. The first-order chi connectivity index (χ1) is 14.7. The van der Waals surface area contributed by atoms with Crippen LogP contribution in [0.1, 0.15) is 49.0 Å². The number of nitrogens with zero attached hydrogens (tertiary/aromatic N) is 1. The number of para-hydroxylation sites is 1. The molecule has 0 aliphatic heterocycles. The number of carbonyl (C=O) groups is 1. The van der Waals surface area contributed by atoms with Crippen LogP contribution in [0.2, 0.25) is 0 Å². The first-order valence-electron chi connectivity index (χ1n) is 10.5. The molecule has 3 aromatic rings. The summed E-state index contributed by atoms with van der Waals surface area (Å²) in [7, 11) is 0. The first-order valence-corrected chi connectivity index (χ1v) is 10.9. The SMILES string of the molecule is O=C(NCCCCCCCCNC(=S)Nc1cccnc1)c1cc2ccccc2[nH]1. The van der Waals surface area contributed by atoms with Gasteiger partial charge >= 0.3 is 0 Å². The monoisotopic (exact) mass is 423 g/mol. The zero-order valence-corrected chi connectivity index (χ0v) is 17.9. The molecule has 0 atom stereocenters. The zero-order chi connectivity index (χ0) is 21.0. The highest BCUT2D eigenvalue weighted by molar-refractivity contribution is 7.80. The molecule has 3 rings (SSSR count). The van der Waals surface area contributed by atoms with Crippen LogP contribution in [0, 0.1) is 0 Å². The summed E-state index contributed by atoms with van der Waals surface area (Å²) >= 11 is 5.27. The number of hydrogen-bond acceptors (Lipinski definition) is 3. The molecule has 2 aromatic heterocycles. The lowest BCUT2D eigenvalue weighted by atomic mass is 10.1. The number of unbranched alkanes of at least 4 members (excludes halogenated alkanes) is 5. The van der Waals surface area contributed by atoms with E-state index in [1.165, 1.54) is 19.3 Å². The molecule has 0 bridgehead atoms. The van der Waals surface area contributed by atoms with Crippen molar-refractivity contribution >= 4 is 39.8 Å². The van der Waals surface area contributed by atoms with Crippen LogP contribution in [0.25, 0.3) is 10.9 Å². The van der Waals surface area contributed by atoms with Gasteiger partial charge in [0.05, 0.1) is 11.9 Å². The summed E-state index contributed by atoms with van der Waals surface area (Å²) in [6.07, 6.45) is 10.2. The first kappa shape index (κ1) is 21.8. The summed E-state index contributed by atoms with van der Waals surface area (Å²) in [5.41, 5.74) is 2.51. The van der Waals surface area contributed by atoms with Crippen molar-refractivity contribution in [3.63, 3.8) is 0 Å². The third kappa shape index (κ3) is 7.15. The highest BCUT2D eigenvalue weighted by atomic mass is 32.1. The molecule has 30 heavy (non-hydrogen) atoms. The molecule has 0 spiro atoms. The summed E-state index contributed by atoms with van der Waals surface area (Å²) in [6.45, 7) is 1.58. The van der Waals surface area contributed by atoms with E-state index in [4.69, 9.17) is 12.2 Å². The highest BCUT2D eigenvalue weighted by Crippen LogP contribution is 2.14. The van der Waals surface area contributed by atoms with E-state index in [0.29, 0.717) is 17.4 Å². The number of H-pyrrole nitrogens is 1. The average molecular weight is 424 g/mol. The van der Waals surface area contributed by atoms with Crippen molar-refractivity contribution in [3.05, 3.63) is 60.6 Å². The van der Waals surface area contributed by atoms with Gasteiger partial charge in [-0.3, -0.25) is 9.78 Å². The maximum absolute atomic E-state index is 12.2. The molecule has 1 amide bonds. The van der Waals surface area contributed by atoms with Gasteiger partial charge in [0.1, 0.15) is 5.69 Å². The van der Waals surface area contributed by atoms with Crippen LogP contribution in [-0.4, -0.2) is 34.1 Å². The van der Waals surface area contributed by atoms with E-state index < -0.39 is 0 Å². The summed E-state index contributed by atoms with van der Waals surface area (Å²) in [5.74, 6) is -0.0341. The van der Waals surface area contributed by atoms with Gasteiger partial charge in [0.2, 0.25) is 0 Å². The summed E-state index contributed by atoms with van der Waals surface area (Å²) in [4.78, 5) is 19.4. The number of benzene rings is 1. The lowest BCUT2D eigenvalue weighted by Crippen LogP contribution is -2.29. The number of rotatable bonds is 11. The number of aromatic amines is 1. The summed E-state index contributed by atoms with van der Waals surface area (Å²) in [5, 5.41) is 11.0. The number of fused-ring (bicyclic) bond motifs is 1. The van der Waals surface area contributed by atoms with E-state index in [1.807, 2.05) is 42.5 Å². The zero-order valence-electron chi connectivity index (χ0n) is 17.1. The van der Waals surface area contributed by atoms with Crippen LogP contribution in [-0.2, 0) is 0 Å². The Balaban J connectivity index is 1.17. The Morgan fingerprint density at radius 2 is 1.67 bits per heavy atom. The third-order valence-electron chi connectivity index (χ3n) is 4.87. The van der Waals surface area contributed by atoms with Gasteiger partial charge in [-0.15, -0.1) is 0 Å². The van der Waals surface area contributed by atoms with Gasteiger partial charge in [0, 0.05) is 30.2 Å². The van der Waals surface area contributed by atoms with Crippen molar-refractivity contribution in [2.45, 2.75) is 38.5 Å². The molecule has 7 heteroatoms. The molecule has 0 aliphatic carbocycles.